The molecule has 1 heterocycles. The first-order valence-corrected chi connectivity index (χ1v) is 10.7. The Bertz CT molecular complexity index is 1070. The lowest BCUT2D eigenvalue weighted by molar-refractivity contribution is -0.125. The Kier molecular flexibility index (Phi) is 6.70. The van der Waals surface area contributed by atoms with Crippen molar-refractivity contribution in [2.24, 2.45) is 0 Å². The van der Waals surface area contributed by atoms with Gasteiger partial charge in [-0.3, -0.25) is 9.59 Å². The van der Waals surface area contributed by atoms with Crippen LogP contribution in [0.5, 0.6) is 11.5 Å². The number of amides is 2. The highest BCUT2D eigenvalue weighted by atomic mass is 16.5. The Morgan fingerprint density at radius 1 is 1.03 bits per heavy atom. The van der Waals surface area contributed by atoms with E-state index in [2.05, 4.69) is 17.4 Å². The minimum atomic E-state index is -0.580. The highest BCUT2D eigenvalue weighted by Gasteiger charge is 2.31. The smallest absolute Gasteiger partial charge is 0.267 e. The fraction of sp³-hybridized carbons (Fsp3) is 0.231. The van der Waals surface area contributed by atoms with Crippen LogP contribution in [0.2, 0.25) is 0 Å². The molecule has 1 atom stereocenters. The van der Waals surface area contributed by atoms with Crippen molar-refractivity contribution in [2.45, 2.75) is 25.9 Å². The highest BCUT2D eigenvalue weighted by Crippen LogP contribution is 2.36. The second-order valence-electron chi connectivity index (χ2n) is 7.63. The van der Waals surface area contributed by atoms with Gasteiger partial charge in [-0.05, 0) is 43.2 Å². The molecule has 0 bridgehead atoms. The summed E-state index contributed by atoms with van der Waals surface area (Å²) >= 11 is 0. The molecular formula is C26H26N2O4. The van der Waals surface area contributed by atoms with Gasteiger partial charge < -0.3 is 19.7 Å². The Morgan fingerprint density at radius 3 is 2.50 bits per heavy atom. The van der Waals surface area contributed by atoms with Gasteiger partial charge in [0.2, 0.25) is 5.91 Å². The first-order chi connectivity index (χ1) is 15.6. The van der Waals surface area contributed by atoms with E-state index in [1.54, 1.807) is 24.0 Å². The second-order valence-corrected chi connectivity index (χ2v) is 7.63. The van der Waals surface area contributed by atoms with E-state index in [1.807, 2.05) is 54.6 Å². The van der Waals surface area contributed by atoms with Gasteiger partial charge in [-0.15, -0.1) is 0 Å². The standard InChI is InChI=1S/C26H26N2O4/c1-19-26(30)28(16-14-20-8-4-2-5-9-20)23-13-12-21(18-24(23)32-19)27-25(29)15-17-31-22-10-6-3-7-11-22/h2-13,18-19H,14-17H2,1H3,(H,27,29). The van der Waals surface area contributed by atoms with Gasteiger partial charge in [0, 0.05) is 18.3 Å². The first-order valence-electron chi connectivity index (χ1n) is 10.7. The summed E-state index contributed by atoms with van der Waals surface area (Å²) in [5.74, 6) is 1.10. The van der Waals surface area contributed by atoms with E-state index < -0.39 is 6.10 Å². The van der Waals surface area contributed by atoms with Crippen LogP contribution in [0, 0.1) is 0 Å². The van der Waals surface area contributed by atoms with Crippen LogP contribution in [0.4, 0.5) is 11.4 Å². The molecule has 3 aromatic rings. The van der Waals surface area contributed by atoms with Gasteiger partial charge in [0.25, 0.3) is 5.91 Å². The Morgan fingerprint density at radius 2 is 1.75 bits per heavy atom. The molecule has 0 fully saturated rings. The predicted molar refractivity (Wildman–Crippen MR) is 124 cm³/mol. The first kappa shape index (κ1) is 21.4. The van der Waals surface area contributed by atoms with Crippen LogP contribution >= 0.6 is 0 Å². The number of nitrogens with zero attached hydrogens (tertiary/aromatic N) is 1. The maximum absolute atomic E-state index is 12.7. The number of hydrogen-bond acceptors (Lipinski definition) is 4. The van der Waals surface area contributed by atoms with Crippen LogP contribution in [-0.2, 0) is 16.0 Å². The average molecular weight is 431 g/mol. The van der Waals surface area contributed by atoms with E-state index in [9.17, 15) is 9.59 Å². The third-order valence-electron chi connectivity index (χ3n) is 5.26. The monoisotopic (exact) mass is 430 g/mol. The number of ether oxygens (including phenoxy) is 2. The van der Waals surface area contributed by atoms with Gasteiger partial charge in [0.15, 0.2) is 6.10 Å². The van der Waals surface area contributed by atoms with Gasteiger partial charge in [-0.2, -0.15) is 0 Å². The number of carbonyl (C=O) groups is 2. The van der Waals surface area contributed by atoms with Crippen molar-refractivity contribution in [3.63, 3.8) is 0 Å². The van der Waals surface area contributed by atoms with Gasteiger partial charge in [0.1, 0.15) is 11.5 Å². The van der Waals surface area contributed by atoms with Gasteiger partial charge in [-0.1, -0.05) is 48.5 Å². The number of anilines is 2. The quantitative estimate of drug-likeness (QED) is 0.573. The van der Waals surface area contributed by atoms with Gasteiger partial charge in [-0.25, -0.2) is 0 Å². The van der Waals surface area contributed by atoms with Gasteiger partial charge in [0.05, 0.1) is 18.7 Å². The minimum absolute atomic E-state index is 0.0664. The van der Waals surface area contributed by atoms with E-state index in [0.29, 0.717) is 18.0 Å². The fourth-order valence-electron chi connectivity index (χ4n) is 3.61. The maximum Gasteiger partial charge on any atom is 0.267 e. The molecule has 6 nitrogen and oxygen atoms in total. The van der Waals surface area contributed by atoms with Crippen molar-refractivity contribution in [1.29, 1.82) is 0 Å². The molecule has 0 radical (unpaired) electrons. The maximum atomic E-state index is 12.7. The zero-order valence-corrected chi connectivity index (χ0v) is 18.0. The van der Waals surface area contributed by atoms with Crippen LogP contribution in [0.15, 0.2) is 78.9 Å². The molecule has 3 aromatic carbocycles. The zero-order chi connectivity index (χ0) is 22.3. The number of carbonyl (C=O) groups excluding carboxylic acids is 2. The Hall–Kier alpha value is -3.80. The largest absolute Gasteiger partial charge is 0.493 e. The predicted octanol–water partition coefficient (Wildman–Crippen LogP) is 4.45. The lowest BCUT2D eigenvalue weighted by Gasteiger charge is -2.33. The number of fused-ring (bicyclic) bond motifs is 1. The molecule has 4 rings (SSSR count). The number of rotatable bonds is 8. The number of para-hydroxylation sites is 1. The highest BCUT2D eigenvalue weighted by molar-refractivity contribution is 6.00. The summed E-state index contributed by atoms with van der Waals surface area (Å²) in [5, 5.41) is 2.87. The summed E-state index contributed by atoms with van der Waals surface area (Å²) in [6, 6.07) is 24.8. The summed E-state index contributed by atoms with van der Waals surface area (Å²) in [6.45, 7) is 2.59. The lowest BCUT2D eigenvalue weighted by Crippen LogP contribution is -2.45. The lowest BCUT2D eigenvalue weighted by atomic mass is 10.1. The van der Waals surface area contributed by atoms with Crippen LogP contribution in [-0.4, -0.2) is 31.1 Å². The molecule has 32 heavy (non-hydrogen) atoms. The van der Waals surface area contributed by atoms with E-state index in [4.69, 9.17) is 9.47 Å². The van der Waals surface area contributed by atoms with Crippen molar-refractivity contribution < 1.29 is 19.1 Å². The molecule has 1 aliphatic heterocycles. The van der Waals surface area contributed by atoms with Crippen molar-refractivity contribution in [2.75, 3.05) is 23.4 Å². The zero-order valence-electron chi connectivity index (χ0n) is 18.0. The molecular weight excluding hydrogens is 404 g/mol. The fourth-order valence-corrected chi connectivity index (χ4v) is 3.61. The van der Waals surface area contributed by atoms with E-state index in [1.165, 1.54) is 5.56 Å². The number of benzene rings is 3. The van der Waals surface area contributed by atoms with Crippen molar-refractivity contribution in [3.8, 4) is 11.5 Å². The molecule has 6 heteroatoms. The van der Waals surface area contributed by atoms with E-state index in [0.717, 1.165) is 17.9 Å². The molecule has 164 valence electrons. The molecule has 0 saturated carbocycles. The summed E-state index contributed by atoms with van der Waals surface area (Å²) in [5.41, 5.74) is 2.51. The molecule has 0 aromatic heterocycles. The normalized spacial score (nSPS) is 15.0. The third kappa shape index (κ3) is 5.27. The van der Waals surface area contributed by atoms with Crippen LogP contribution < -0.4 is 19.7 Å². The SMILES string of the molecule is CC1Oc2cc(NC(=O)CCOc3ccccc3)ccc2N(CCc2ccccc2)C1=O. The van der Waals surface area contributed by atoms with Crippen LogP contribution in [0.3, 0.4) is 0 Å². The van der Waals surface area contributed by atoms with E-state index in [-0.39, 0.29) is 24.8 Å². The summed E-state index contributed by atoms with van der Waals surface area (Å²) in [6.07, 6.45) is 0.396. The molecule has 1 N–H and O–H groups in total. The summed E-state index contributed by atoms with van der Waals surface area (Å²) < 4.78 is 11.4. The topological polar surface area (TPSA) is 67.9 Å². The molecule has 1 unspecified atom stereocenters. The van der Waals surface area contributed by atoms with Crippen LogP contribution in [0.25, 0.3) is 0 Å². The van der Waals surface area contributed by atoms with Crippen molar-refractivity contribution in [1.82, 2.24) is 0 Å². The minimum Gasteiger partial charge on any atom is -0.493 e. The molecule has 1 aliphatic rings. The number of nitrogens with one attached hydrogen (secondary N) is 1. The molecule has 0 saturated heterocycles. The third-order valence-corrected chi connectivity index (χ3v) is 5.26. The summed E-state index contributed by atoms with van der Waals surface area (Å²) in [4.78, 5) is 26.8. The number of hydrogen-bond donors (Lipinski definition) is 1. The Balaban J connectivity index is 1.38. The second kappa shape index (κ2) is 10.0. The molecule has 0 spiro atoms. The van der Waals surface area contributed by atoms with Crippen molar-refractivity contribution in [3.05, 3.63) is 84.4 Å². The average Bonchev–Trinajstić information content (AvgIpc) is 2.81. The van der Waals surface area contributed by atoms with Crippen molar-refractivity contribution >= 4 is 23.2 Å². The van der Waals surface area contributed by atoms with Gasteiger partial charge >= 0.3 is 0 Å². The summed E-state index contributed by atoms with van der Waals surface area (Å²) in [7, 11) is 0. The van der Waals surface area contributed by atoms with Crippen LogP contribution in [0.1, 0.15) is 18.9 Å². The van der Waals surface area contributed by atoms with E-state index >= 15 is 0 Å². The Labute approximate surface area is 187 Å². The molecule has 2 amide bonds. The molecule has 0 aliphatic carbocycles.